The van der Waals surface area contributed by atoms with Crippen LogP contribution in [0.2, 0.25) is 0 Å². The number of allylic oxidation sites excluding steroid dienone is 2. The molecule has 0 saturated heterocycles. The Kier molecular flexibility index (Phi) is 10.6. The first-order chi connectivity index (χ1) is 17.9. The van der Waals surface area contributed by atoms with Crippen molar-refractivity contribution in [3.63, 3.8) is 0 Å². The molecule has 1 rings (SSSR count). The highest BCUT2D eigenvalue weighted by molar-refractivity contribution is 6.18. The minimum absolute atomic E-state index is 0.263. The Balaban J connectivity index is 4.05. The summed E-state index contributed by atoms with van der Waals surface area (Å²) in [5.74, 6) is -6.51. The third kappa shape index (κ3) is 8.95. The summed E-state index contributed by atoms with van der Waals surface area (Å²) < 4.78 is 0. The SMILES string of the molecule is CC(C)(C)OOC(=O)C1(C(=O)OOC(C)(C)C)C=CC(C=O)=CC1(C(=O)OOC(C)(C)C)C(=O)OOC(C)(C)C. The second-order valence-corrected chi connectivity index (χ2v) is 13.0. The maximum Gasteiger partial charge on any atom is 0.365 e. The first-order valence-corrected chi connectivity index (χ1v) is 12.4. The zero-order chi connectivity index (χ0) is 31.4. The van der Waals surface area contributed by atoms with Crippen LogP contribution in [0.15, 0.2) is 23.8 Å². The number of hydrogen-bond donors (Lipinski definition) is 0. The molecule has 0 N–H and O–H groups in total. The predicted molar refractivity (Wildman–Crippen MR) is 136 cm³/mol. The van der Waals surface area contributed by atoms with Crippen LogP contribution >= 0.6 is 0 Å². The molecule has 1 aliphatic rings. The van der Waals surface area contributed by atoms with Gasteiger partial charge in [0.05, 0.1) is 0 Å². The number of hydrogen-bond acceptors (Lipinski definition) is 13. The van der Waals surface area contributed by atoms with E-state index in [4.69, 9.17) is 39.1 Å². The van der Waals surface area contributed by atoms with E-state index in [0.717, 1.165) is 12.2 Å². The molecule has 0 aliphatic heterocycles. The number of carbonyl (C=O) groups excluding carboxylic acids is 5. The van der Waals surface area contributed by atoms with Gasteiger partial charge in [0.15, 0.2) is 0 Å². The van der Waals surface area contributed by atoms with Crippen LogP contribution in [-0.2, 0) is 63.1 Å². The lowest BCUT2D eigenvalue weighted by molar-refractivity contribution is -0.352. The highest BCUT2D eigenvalue weighted by atomic mass is 17.2. The van der Waals surface area contributed by atoms with Crippen molar-refractivity contribution in [1.82, 2.24) is 0 Å². The fraction of sp³-hybridized carbons (Fsp3) is 0.667. The molecular weight excluding hydrogens is 532 g/mol. The molecule has 1 aliphatic carbocycles. The molecule has 0 unspecified atom stereocenters. The van der Waals surface area contributed by atoms with Crippen molar-refractivity contribution in [3.8, 4) is 0 Å². The minimum Gasteiger partial charge on any atom is -0.298 e. The Morgan fingerprint density at radius 1 is 0.550 bits per heavy atom. The van der Waals surface area contributed by atoms with Gasteiger partial charge in [-0.1, -0.05) is 12.2 Å². The molecule has 0 heterocycles. The summed E-state index contributed by atoms with van der Waals surface area (Å²) in [6, 6.07) is 0. The standard InChI is InChI=1S/C27H40O13/c1-22(2,3)37-33-18(29)26(19(30)34-38-23(4,5)6)14-13-17(16-28)15-27(26,20(31)35-39-24(7,8)9)21(32)36-40-25(10,11)12/h13-16H,1-12H3. The van der Waals surface area contributed by atoms with Gasteiger partial charge in [-0.25, -0.2) is 19.2 Å². The molecule has 13 nitrogen and oxygen atoms in total. The lowest BCUT2D eigenvalue weighted by atomic mass is 9.59. The fourth-order valence-electron chi connectivity index (χ4n) is 2.82. The van der Waals surface area contributed by atoms with E-state index < -0.39 is 57.1 Å². The predicted octanol–water partition coefficient (Wildman–Crippen LogP) is 3.75. The topological polar surface area (TPSA) is 159 Å². The Labute approximate surface area is 233 Å². The third-order valence-electron chi connectivity index (χ3n) is 4.42. The van der Waals surface area contributed by atoms with Gasteiger partial charge in [-0.3, -0.25) is 24.3 Å². The molecule has 0 fully saturated rings. The molecule has 0 saturated carbocycles. The molecule has 0 aromatic rings. The first kappa shape index (κ1) is 34.9. The van der Waals surface area contributed by atoms with Gasteiger partial charge in [-0.2, -0.15) is 19.6 Å². The van der Waals surface area contributed by atoms with E-state index in [-0.39, 0.29) is 11.9 Å². The second-order valence-electron chi connectivity index (χ2n) is 13.0. The highest BCUT2D eigenvalue weighted by Gasteiger charge is 2.74. The van der Waals surface area contributed by atoms with E-state index in [1.54, 1.807) is 0 Å². The zero-order valence-electron chi connectivity index (χ0n) is 25.1. The molecule has 0 atom stereocenters. The molecule has 226 valence electrons. The quantitative estimate of drug-likeness (QED) is 0.170. The van der Waals surface area contributed by atoms with Crippen LogP contribution < -0.4 is 0 Å². The largest absolute Gasteiger partial charge is 0.365 e. The van der Waals surface area contributed by atoms with E-state index in [1.807, 2.05) is 0 Å². The number of aldehydes is 1. The number of rotatable bonds is 9. The van der Waals surface area contributed by atoms with Crippen LogP contribution in [0, 0.1) is 10.8 Å². The Bertz CT molecular complexity index is 980. The lowest BCUT2D eigenvalue weighted by Crippen LogP contribution is -2.62. The Morgan fingerprint density at radius 3 is 1.07 bits per heavy atom. The van der Waals surface area contributed by atoms with Crippen molar-refractivity contribution in [2.75, 3.05) is 0 Å². The maximum absolute atomic E-state index is 13.8. The first-order valence-electron chi connectivity index (χ1n) is 12.4. The average molecular weight is 573 g/mol. The maximum atomic E-state index is 13.8. The summed E-state index contributed by atoms with van der Waals surface area (Å²) in [5.41, 5.74) is -11.0. The summed E-state index contributed by atoms with van der Waals surface area (Å²) in [6.07, 6.45) is 2.71. The van der Waals surface area contributed by atoms with E-state index in [1.165, 1.54) is 83.1 Å². The smallest absolute Gasteiger partial charge is 0.298 e. The fourth-order valence-corrected chi connectivity index (χ4v) is 2.82. The van der Waals surface area contributed by atoms with Gasteiger partial charge in [-0.05, 0) is 89.2 Å². The van der Waals surface area contributed by atoms with Crippen molar-refractivity contribution < 1.29 is 63.1 Å². The van der Waals surface area contributed by atoms with Crippen LogP contribution in [-0.4, -0.2) is 52.6 Å². The van der Waals surface area contributed by atoms with Gasteiger partial charge < -0.3 is 0 Å². The lowest BCUT2D eigenvalue weighted by Gasteiger charge is -2.40. The normalized spacial score (nSPS) is 16.9. The van der Waals surface area contributed by atoms with Crippen molar-refractivity contribution in [1.29, 1.82) is 0 Å². The average Bonchev–Trinajstić information content (AvgIpc) is 2.80. The Hall–Kier alpha value is -3.13. The molecule has 0 spiro atoms. The van der Waals surface area contributed by atoms with Crippen LogP contribution in [0.4, 0.5) is 0 Å². The van der Waals surface area contributed by atoms with Crippen LogP contribution in [0.1, 0.15) is 83.1 Å². The molecule has 0 radical (unpaired) electrons. The van der Waals surface area contributed by atoms with E-state index in [2.05, 4.69) is 0 Å². The van der Waals surface area contributed by atoms with Crippen molar-refractivity contribution in [2.45, 2.75) is 105 Å². The summed E-state index contributed by atoms with van der Waals surface area (Å²) in [6.45, 7) is 18.3. The molecule has 0 amide bonds. The molecule has 0 bridgehead atoms. The molecule has 40 heavy (non-hydrogen) atoms. The van der Waals surface area contributed by atoms with Crippen molar-refractivity contribution >= 4 is 30.2 Å². The molecule has 0 aromatic carbocycles. The van der Waals surface area contributed by atoms with E-state index in [9.17, 15) is 24.0 Å². The molecular formula is C27H40O13. The van der Waals surface area contributed by atoms with Gasteiger partial charge >= 0.3 is 23.9 Å². The molecule has 0 aromatic heterocycles. The Morgan fingerprint density at radius 2 is 0.825 bits per heavy atom. The van der Waals surface area contributed by atoms with Gasteiger partial charge in [-0.15, -0.1) is 0 Å². The summed E-state index contributed by atoms with van der Waals surface area (Å²) >= 11 is 0. The van der Waals surface area contributed by atoms with Gasteiger partial charge in [0.1, 0.15) is 28.7 Å². The van der Waals surface area contributed by atoms with E-state index in [0.29, 0.717) is 6.08 Å². The summed E-state index contributed by atoms with van der Waals surface area (Å²) in [7, 11) is 0. The van der Waals surface area contributed by atoms with Gasteiger partial charge in [0.25, 0.3) is 0 Å². The zero-order valence-corrected chi connectivity index (χ0v) is 25.1. The highest BCUT2D eigenvalue weighted by Crippen LogP contribution is 2.50. The van der Waals surface area contributed by atoms with Crippen molar-refractivity contribution in [3.05, 3.63) is 23.8 Å². The van der Waals surface area contributed by atoms with Gasteiger partial charge in [0.2, 0.25) is 10.8 Å². The van der Waals surface area contributed by atoms with E-state index >= 15 is 0 Å². The summed E-state index contributed by atoms with van der Waals surface area (Å²) in [4.78, 5) is 107. The van der Waals surface area contributed by atoms with Gasteiger partial charge in [0, 0.05) is 5.57 Å². The van der Waals surface area contributed by atoms with Crippen LogP contribution in [0.5, 0.6) is 0 Å². The third-order valence-corrected chi connectivity index (χ3v) is 4.42. The summed E-state index contributed by atoms with van der Waals surface area (Å²) in [5, 5.41) is 0. The second kappa shape index (κ2) is 12.2. The van der Waals surface area contributed by atoms with Crippen LogP contribution in [0.25, 0.3) is 0 Å². The number of carbonyl (C=O) groups is 5. The monoisotopic (exact) mass is 572 g/mol. The van der Waals surface area contributed by atoms with Crippen molar-refractivity contribution in [2.24, 2.45) is 10.8 Å². The molecule has 13 heteroatoms. The minimum atomic E-state index is -3.15. The van der Waals surface area contributed by atoms with Crippen LogP contribution in [0.3, 0.4) is 0 Å².